The van der Waals surface area contributed by atoms with Crippen LogP contribution in [0.25, 0.3) is 0 Å². The minimum absolute atomic E-state index is 0.00910. The molecule has 3 atom stereocenters. The number of nitrogens with two attached hydrogens (primary N) is 2. The number of aliphatic imine (C=N–C) groups is 1. The lowest BCUT2D eigenvalue weighted by Crippen LogP contribution is -2.77. The van der Waals surface area contributed by atoms with Crippen molar-refractivity contribution in [3.05, 3.63) is 0 Å². The molecule has 11 heteroatoms. The molecule has 0 bridgehead atoms. The number of likely N-dealkylation sites (tertiary alicyclic amines) is 1. The van der Waals surface area contributed by atoms with Crippen LogP contribution in [0.2, 0.25) is 0 Å². The molecule has 4 aliphatic rings. The van der Waals surface area contributed by atoms with Gasteiger partial charge in [0.15, 0.2) is 12.0 Å². The predicted octanol–water partition coefficient (Wildman–Crippen LogP) is -3.41. The van der Waals surface area contributed by atoms with E-state index in [1.807, 2.05) is 0 Å². The van der Waals surface area contributed by atoms with E-state index in [0.717, 1.165) is 12.8 Å². The van der Waals surface area contributed by atoms with E-state index < -0.39 is 23.5 Å². The Labute approximate surface area is 144 Å². The van der Waals surface area contributed by atoms with Crippen LogP contribution in [0.3, 0.4) is 0 Å². The molecule has 2 saturated heterocycles. The third-order valence-corrected chi connectivity index (χ3v) is 5.50. The van der Waals surface area contributed by atoms with Crippen LogP contribution in [-0.2, 0) is 4.74 Å². The number of ether oxygens (including phenoxy) is 1. The maximum atomic E-state index is 12.1. The monoisotopic (exact) mass is 354 g/mol. The van der Waals surface area contributed by atoms with Crippen LogP contribution >= 0.6 is 0 Å². The molecular formula is C14H24N7O4+. The Morgan fingerprint density at radius 1 is 1.40 bits per heavy atom. The third kappa shape index (κ3) is 2.22. The molecule has 0 aromatic carbocycles. The van der Waals surface area contributed by atoms with E-state index in [1.165, 1.54) is 0 Å². The van der Waals surface area contributed by atoms with E-state index in [1.54, 1.807) is 9.48 Å². The summed E-state index contributed by atoms with van der Waals surface area (Å²) in [5, 5.41) is 27.1. The average Bonchev–Trinajstić information content (AvgIpc) is 3.24. The van der Waals surface area contributed by atoms with Crippen molar-refractivity contribution in [1.82, 2.24) is 15.5 Å². The molecule has 4 rings (SSSR count). The zero-order valence-electron chi connectivity index (χ0n) is 13.8. The minimum Gasteiger partial charge on any atom is -0.446 e. The van der Waals surface area contributed by atoms with Gasteiger partial charge in [0.25, 0.3) is 0 Å². The van der Waals surface area contributed by atoms with Gasteiger partial charge in [-0.15, -0.1) is 0 Å². The van der Waals surface area contributed by atoms with Crippen LogP contribution in [0, 0.1) is 0 Å². The molecule has 8 N–H and O–H groups in total. The van der Waals surface area contributed by atoms with E-state index in [4.69, 9.17) is 16.2 Å². The first-order valence-corrected chi connectivity index (χ1v) is 8.50. The van der Waals surface area contributed by atoms with Crippen LogP contribution in [0.15, 0.2) is 4.99 Å². The Morgan fingerprint density at radius 3 is 2.84 bits per heavy atom. The topological polar surface area (TPSA) is 161 Å². The molecule has 4 aliphatic heterocycles. The van der Waals surface area contributed by atoms with E-state index in [2.05, 4.69) is 15.6 Å². The summed E-state index contributed by atoms with van der Waals surface area (Å²) in [6.45, 7) is 1.70. The van der Waals surface area contributed by atoms with Crippen LogP contribution < -0.4 is 22.1 Å². The number of aliphatic hydroxyl groups is 2. The first-order valence-electron chi connectivity index (χ1n) is 8.50. The maximum Gasteiger partial charge on any atom is 0.409 e. The van der Waals surface area contributed by atoms with Gasteiger partial charge in [-0.3, -0.25) is 11.1 Å². The second-order valence-electron chi connectivity index (χ2n) is 6.98. The van der Waals surface area contributed by atoms with Crippen LogP contribution in [0.5, 0.6) is 0 Å². The summed E-state index contributed by atoms with van der Waals surface area (Å²) in [6, 6.07) is -1.21. The molecule has 1 spiro atoms. The SMILES string of the molecule is NC1=N[C@H]2[C@H](COC(=O)N3CCCC3)NC(N)=[N+]3CCC(O)(O)[C@]23N1. The van der Waals surface area contributed by atoms with Crippen molar-refractivity contribution in [2.75, 3.05) is 26.2 Å². The normalized spacial score (nSPS) is 35.6. The van der Waals surface area contributed by atoms with Gasteiger partial charge in [-0.2, -0.15) is 0 Å². The highest BCUT2D eigenvalue weighted by molar-refractivity contribution is 5.83. The van der Waals surface area contributed by atoms with Crippen molar-refractivity contribution < 1.29 is 24.3 Å². The molecule has 0 radical (unpaired) electrons. The van der Waals surface area contributed by atoms with Gasteiger partial charge in [-0.1, -0.05) is 0 Å². The number of rotatable bonds is 2. The number of carbonyl (C=O) groups is 1. The maximum absolute atomic E-state index is 12.1. The minimum atomic E-state index is -2.08. The smallest absolute Gasteiger partial charge is 0.409 e. The molecule has 0 unspecified atom stereocenters. The Kier molecular flexibility index (Phi) is 3.48. The van der Waals surface area contributed by atoms with Crippen molar-refractivity contribution in [3.8, 4) is 0 Å². The number of nitrogens with zero attached hydrogens (tertiary/aromatic N) is 3. The second kappa shape index (κ2) is 5.36. The number of hydrogen-bond acceptors (Lipinski definition) is 9. The van der Waals surface area contributed by atoms with Crippen molar-refractivity contribution in [3.63, 3.8) is 0 Å². The molecule has 138 valence electrons. The Hall–Kier alpha value is -2.27. The molecule has 0 aromatic heterocycles. The predicted molar refractivity (Wildman–Crippen MR) is 86.5 cm³/mol. The average molecular weight is 354 g/mol. The number of nitrogens with one attached hydrogen (secondary N) is 2. The summed E-state index contributed by atoms with van der Waals surface area (Å²) in [5.74, 6) is -1.72. The Morgan fingerprint density at radius 2 is 2.12 bits per heavy atom. The fourth-order valence-corrected chi connectivity index (χ4v) is 4.28. The lowest BCUT2D eigenvalue weighted by atomic mass is 9.87. The van der Waals surface area contributed by atoms with Gasteiger partial charge in [0.2, 0.25) is 11.4 Å². The van der Waals surface area contributed by atoms with Gasteiger partial charge in [0.1, 0.15) is 12.6 Å². The van der Waals surface area contributed by atoms with E-state index >= 15 is 0 Å². The van der Waals surface area contributed by atoms with Gasteiger partial charge in [-0.25, -0.2) is 14.4 Å². The summed E-state index contributed by atoms with van der Waals surface area (Å²) in [5.41, 5.74) is 10.5. The van der Waals surface area contributed by atoms with Crippen molar-refractivity contribution >= 4 is 18.0 Å². The zero-order valence-corrected chi connectivity index (χ0v) is 13.8. The van der Waals surface area contributed by atoms with Crippen LogP contribution in [0.1, 0.15) is 19.3 Å². The lowest BCUT2D eigenvalue weighted by Gasteiger charge is -2.42. The van der Waals surface area contributed by atoms with Crippen LogP contribution in [-0.4, -0.2) is 87.5 Å². The fraction of sp³-hybridized carbons (Fsp3) is 0.786. The zero-order chi connectivity index (χ0) is 17.8. The molecule has 2 fully saturated rings. The van der Waals surface area contributed by atoms with Crippen molar-refractivity contribution in [2.24, 2.45) is 16.5 Å². The molecule has 25 heavy (non-hydrogen) atoms. The summed E-state index contributed by atoms with van der Waals surface area (Å²) in [6.07, 6.45) is 1.64. The standard InChI is InChI=1S/C14H23N7O4/c15-10-18-9-8(7-25-12(22)20-4-1-2-5-20)17-11(16)21-6-3-13(23,24)14(9,21)19-10/h8-9,23-24H,1-7H2,(H5,15,16,17,18,19)/p+1/t8-,9-,14-/m0/s1. The van der Waals surface area contributed by atoms with Gasteiger partial charge in [0, 0.05) is 19.5 Å². The number of amides is 1. The summed E-state index contributed by atoms with van der Waals surface area (Å²) < 4.78 is 7.03. The van der Waals surface area contributed by atoms with E-state index in [0.29, 0.717) is 19.6 Å². The summed E-state index contributed by atoms with van der Waals surface area (Å²) >= 11 is 0. The Balaban J connectivity index is 1.57. The highest BCUT2D eigenvalue weighted by Gasteiger charge is 2.71. The molecule has 0 aromatic rings. The molecule has 11 nitrogen and oxygen atoms in total. The first kappa shape index (κ1) is 16.2. The second-order valence-corrected chi connectivity index (χ2v) is 6.98. The van der Waals surface area contributed by atoms with E-state index in [-0.39, 0.29) is 31.0 Å². The fourth-order valence-electron chi connectivity index (χ4n) is 4.28. The first-order chi connectivity index (χ1) is 11.8. The highest BCUT2D eigenvalue weighted by atomic mass is 16.6. The summed E-state index contributed by atoms with van der Waals surface area (Å²) in [7, 11) is 0. The molecule has 1 amide bonds. The van der Waals surface area contributed by atoms with Gasteiger partial charge in [-0.05, 0) is 12.8 Å². The lowest BCUT2D eigenvalue weighted by molar-refractivity contribution is -0.623. The highest BCUT2D eigenvalue weighted by Crippen LogP contribution is 2.40. The van der Waals surface area contributed by atoms with Gasteiger partial charge in [0.05, 0.1) is 6.54 Å². The number of guanidine groups is 2. The molecule has 0 saturated carbocycles. The number of hydrogen-bond donors (Lipinski definition) is 6. The van der Waals surface area contributed by atoms with Crippen LogP contribution in [0.4, 0.5) is 4.79 Å². The number of carbonyl (C=O) groups excluding carboxylic acids is 1. The van der Waals surface area contributed by atoms with Crippen molar-refractivity contribution in [2.45, 2.75) is 42.8 Å². The van der Waals surface area contributed by atoms with E-state index in [9.17, 15) is 15.0 Å². The molecular weight excluding hydrogens is 330 g/mol. The quantitative estimate of drug-likeness (QED) is 0.221. The Bertz CT molecular complexity index is 658. The molecule has 4 heterocycles. The van der Waals surface area contributed by atoms with Gasteiger partial charge < -0.3 is 30.9 Å². The van der Waals surface area contributed by atoms with Gasteiger partial charge >= 0.3 is 12.1 Å². The van der Waals surface area contributed by atoms with Crippen molar-refractivity contribution in [1.29, 1.82) is 0 Å². The largest absolute Gasteiger partial charge is 0.446 e. The summed E-state index contributed by atoms with van der Waals surface area (Å²) in [4.78, 5) is 18.1. The third-order valence-electron chi connectivity index (χ3n) is 5.50. The molecule has 0 aliphatic carbocycles.